The fraction of sp³-hybridized carbons (Fsp3) is 0.941. The van der Waals surface area contributed by atoms with Gasteiger partial charge in [0.05, 0.1) is 5.41 Å². The Hall–Kier alpha value is -0.570. The molecular weight excluding hydrogens is 248 g/mol. The molecule has 0 heterocycles. The van der Waals surface area contributed by atoms with Gasteiger partial charge < -0.3 is 10.6 Å². The predicted molar refractivity (Wildman–Crippen MR) is 83.4 cm³/mol. The summed E-state index contributed by atoms with van der Waals surface area (Å²) < 4.78 is 0. The van der Waals surface area contributed by atoms with Gasteiger partial charge in [0.25, 0.3) is 0 Å². The van der Waals surface area contributed by atoms with Crippen molar-refractivity contribution in [2.75, 3.05) is 20.1 Å². The van der Waals surface area contributed by atoms with Crippen molar-refractivity contribution in [3.8, 4) is 0 Å². The van der Waals surface area contributed by atoms with Crippen molar-refractivity contribution in [2.24, 2.45) is 17.1 Å². The molecular formula is C17H32N2O. The number of amides is 1. The second kappa shape index (κ2) is 7.44. The molecule has 2 saturated carbocycles. The summed E-state index contributed by atoms with van der Waals surface area (Å²) in [5, 5.41) is 0. The van der Waals surface area contributed by atoms with E-state index >= 15 is 0 Å². The number of hydrogen-bond donors (Lipinski definition) is 1. The molecule has 0 aromatic heterocycles. The van der Waals surface area contributed by atoms with Crippen LogP contribution in [0, 0.1) is 11.3 Å². The highest BCUT2D eigenvalue weighted by molar-refractivity contribution is 5.82. The zero-order valence-electron chi connectivity index (χ0n) is 13.2. The highest BCUT2D eigenvalue weighted by Crippen LogP contribution is 2.36. The van der Waals surface area contributed by atoms with Gasteiger partial charge in [-0.3, -0.25) is 4.79 Å². The van der Waals surface area contributed by atoms with Crippen LogP contribution in [0.3, 0.4) is 0 Å². The van der Waals surface area contributed by atoms with Crippen LogP contribution in [0.4, 0.5) is 0 Å². The molecule has 3 heteroatoms. The lowest BCUT2D eigenvalue weighted by Crippen LogP contribution is -2.47. The molecule has 2 aliphatic rings. The van der Waals surface area contributed by atoms with Crippen LogP contribution in [-0.2, 0) is 4.79 Å². The first kappa shape index (κ1) is 15.8. The Morgan fingerprint density at radius 2 is 1.60 bits per heavy atom. The van der Waals surface area contributed by atoms with Gasteiger partial charge in [0, 0.05) is 20.1 Å². The first-order chi connectivity index (χ1) is 9.68. The van der Waals surface area contributed by atoms with Gasteiger partial charge in [0.15, 0.2) is 0 Å². The molecule has 2 aliphatic carbocycles. The van der Waals surface area contributed by atoms with E-state index in [1.807, 2.05) is 11.9 Å². The zero-order valence-corrected chi connectivity index (χ0v) is 13.2. The Morgan fingerprint density at radius 3 is 2.15 bits per heavy atom. The van der Waals surface area contributed by atoms with E-state index in [1.165, 1.54) is 57.8 Å². The fourth-order valence-electron chi connectivity index (χ4n) is 4.16. The Kier molecular flexibility index (Phi) is 5.88. The molecule has 1 amide bonds. The van der Waals surface area contributed by atoms with E-state index in [-0.39, 0.29) is 5.41 Å². The molecule has 0 aliphatic heterocycles. The van der Waals surface area contributed by atoms with E-state index in [0.717, 1.165) is 25.3 Å². The van der Waals surface area contributed by atoms with Gasteiger partial charge >= 0.3 is 0 Å². The van der Waals surface area contributed by atoms with Crippen LogP contribution in [0.15, 0.2) is 0 Å². The van der Waals surface area contributed by atoms with Crippen LogP contribution in [0.5, 0.6) is 0 Å². The van der Waals surface area contributed by atoms with Gasteiger partial charge in [-0.15, -0.1) is 0 Å². The molecule has 0 bridgehead atoms. The van der Waals surface area contributed by atoms with E-state index in [2.05, 4.69) is 0 Å². The third-order valence-electron chi connectivity index (χ3n) is 5.51. The maximum atomic E-state index is 12.9. The molecule has 0 atom stereocenters. The predicted octanol–water partition coefficient (Wildman–Crippen LogP) is 3.32. The average molecular weight is 280 g/mol. The summed E-state index contributed by atoms with van der Waals surface area (Å²) >= 11 is 0. The van der Waals surface area contributed by atoms with Crippen LogP contribution in [-0.4, -0.2) is 30.9 Å². The quantitative estimate of drug-likeness (QED) is 0.803. The van der Waals surface area contributed by atoms with E-state index in [1.54, 1.807) is 0 Å². The summed E-state index contributed by atoms with van der Waals surface area (Å²) in [6, 6.07) is 0. The van der Waals surface area contributed by atoms with Crippen molar-refractivity contribution in [3.05, 3.63) is 0 Å². The molecule has 3 nitrogen and oxygen atoms in total. The minimum absolute atomic E-state index is 0.250. The third kappa shape index (κ3) is 3.75. The number of nitrogens with two attached hydrogens (primary N) is 1. The van der Waals surface area contributed by atoms with Crippen molar-refractivity contribution >= 4 is 5.91 Å². The fourth-order valence-corrected chi connectivity index (χ4v) is 4.16. The van der Waals surface area contributed by atoms with Crippen LogP contribution >= 0.6 is 0 Å². The average Bonchev–Trinajstić information content (AvgIpc) is 2.74. The Bertz CT molecular complexity index is 302. The summed E-state index contributed by atoms with van der Waals surface area (Å²) in [4.78, 5) is 14.9. The molecule has 20 heavy (non-hydrogen) atoms. The normalized spacial score (nSPS) is 24.1. The minimum atomic E-state index is -0.250. The summed E-state index contributed by atoms with van der Waals surface area (Å²) in [6.45, 7) is 1.47. The summed E-state index contributed by atoms with van der Waals surface area (Å²) in [5.41, 5.74) is 5.78. The molecule has 2 fully saturated rings. The highest BCUT2D eigenvalue weighted by atomic mass is 16.2. The SMILES string of the molecule is CN(CC1CCCCC1)C(=O)C1(CN)CCCCCC1. The molecule has 0 saturated heterocycles. The number of carbonyl (C=O) groups is 1. The first-order valence-corrected chi connectivity index (χ1v) is 8.63. The largest absolute Gasteiger partial charge is 0.345 e. The number of hydrogen-bond acceptors (Lipinski definition) is 2. The van der Waals surface area contributed by atoms with Crippen LogP contribution in [0.25, 0.3) is 0 Å². The number of rotatable bonds is 4. The first-order valence-electron chi connectivity index (χ1n) is 8.63. The zero-order chi connectivity index (χ0) is 14.4. The van der Waals surface area contributed by atoms with Gasteiger partial charge in [-0.25, -0.2) is 0 Å². The molecule has 2 rings (SSSR count). The van der Waals surface area contributed by atoms with Gasteiger partial charge in [0.1, 0.15) is 0 Å². The van der Waals surface area contributed by atoms with E-state index in [9.17, 15) is 4.79 Å². The van der Waals surface area contributed by atoms with Crippen molar-refractivity contribution < 1.29 is 4.79 Å². The van der Waals surface area contributed by atoms with E-state index in [0.29, 0.717) is 12.5 Å². The minimum Gasteiger partial charge on any atom is -0.345 e. The number of carbonyl (C=O) groups excluding carboxylic acids is 1. The summed E-state index contributed by atoms with van der Waals surface area (Å²) in [6.07, 6.45) is 13.5. The van der Waals surface area contributed by atoms with Crippen molar-refractivity contribution in [1.82, 2.24) is 4.90 Å². The maximum Gasteiger partial charge on any atom is 0.229 e. The van der Waals surface area contributed by atoms with Crippen molar-refractivity contribution in [2.45, 2.75) is 70.6 Å². The van der Waals surface area contributed by atoms with E-state index in [4.69, 9.17) is 5.73 Å². The Labute approximate surface area is 124 Å². The molecule has 0 aromatic carbocycles. The second-order valence-electron chi connectivity index (χ2n) is 7.09. The molecule has 0 unspecified atom stereocenters. The topological polar surface area (TPSA) is 46.3 Å². The Balaban J connectivity index is 1.95. The standard InChI is InChI=1S/C17H32N2O/c1-19(13-15-9-5-4-6-10-15)16(20)17(14-18)11-7-2-3-8-12-17/h15H,2-14,18H2,1H3. The lowest BCUT2D eigenvalue weighted by atomic mass is 9.78. The van der Waals surface area contributed by atoms with E-state index < -0.39 is 0 Å². The monoisotopic (exact) mass is 280 g/mol. The molecule has 0 radical (unpaired) electrons. The molecule has 116 valence electrons. The summed E-state index contributed by atoms with van der Waals surface area (Å²) in [5.74, 6) is 1.05. The van der Waals surface area contributed by atoms with Crippen molar-refractivity contribution in [3.63, 3.8) is 0 Å². The molecule has 2 N–H and O–H groups in total. The summed E-state index contributed by atoms with van der Waals surface area (Å²) in [7, 11) is 2.00. The molecule has 0 spiro atoms. The van der Waals surface area contributed by atoms with Crippen LogP contribution < -0.4 is 5.73 Å². The second-order valence-corrected chi connectivity index (χ2v) is 7.09. The maximum absolute atomic E-state index is 12.9. The lowest BCUT2D eigenvalue weighted by molar-refractivity contribution is -0.141. The third-order valence-corrected chi connectivity index (χ3v) is 5.51. The highest BCUT2D eigenvalue weighted by Gasteiger charge is 2.39. The number of nitrogens with zero attached hydrogens (tertiary/aromatic N) is 1. The van der Waals surface area contributed by atoms with Gasteiger partial charge in [0.2, 0.25) is 5.91 Å². The smallest absolute Gasteiger partial charge is 0.229 e. The van der Waals surface area contributed by atoms with Gasteiger partial charge in [-0.1, -0.05) is 44.9 Å². The van der Waals surface area contributed by atoms with Crippen LogP contribution in [0.1, 0.15) is 70.6 Å². The van der Waals surface area contributed by atoms with Gasteiger partial charge in [-0.2, -0.15) is 0 Å². The lowest BCUT2D eigenvalue weighted by Gasteiger charge is -2.36. The molecule has 0 aromatic rings. The van der Waals surface area contributed by atoms with Crippen molar-refractivity contribution in [1.29, 1.82) is 0 Å². The Morgan fingerprint density at radius 1 is 1.05 bits per heavy atom. The van der Waals surface area contributed by atoms with Crippen LogP contribution in [0.2, 0.25) is 0 Å². The van der Waals surface area contributed by atoms with Gasteiger partial charge in [-0.05, 0) is 31.6 Å².